The number of piperidine rings is 1. The molecule has 5 nitrogen and oxygen atoms in total. The zero-order valence-electron chi connectivity index (χ0n) is 21.0. The van der Waals surface area contributed by atoms with E-state index >= 15 is 0 Å². The third-order valence-electron chi connectivity index (χ3n) is 7.23. The van der Waals surface area contributed by atoms with Crippen LogP contribution in [-0.2, 0) is 6.54 Å². The summed E-state index contributed by atoms with van der Waals surface area (Å²) in [5, 5.41) is 9.50. The third kappa shape index (κ3) is 5.20. The fourth-order valence-electron chi connectivity index (χ4n) is 5.00. The number of benzene rings is 3. The van der Waals surface area contributed by atoms with Crippen LogP contribution in [0.4, 0.5) is 0 Å². The highest BCUT2D eigenvalue weighted by Crippen LogP contribution is 2.29. The predicted molar refractivity (Wildman–Crippen MR) is 143 cm³/mol. The number of nitrogens with zero attached hydrogens (tertiary/aromatic N) is 3. The highest BCUT2D eigenvalue weighted by Gasteiger charge is 2.27. The summed E-state index contributed by atoms with van der Waals surface area (Å²) >= 11 is 0. The van der Waals surface area contributed by atoms with Crippen molar-refractivity contribution < 1.29 is 9.90 Å². The first-order chi connectivity index (χ1) is 17.5. The molecule has 0 atom stereocenters. The molecule has 2 heterocycles. The van der Waals surface area contributed by atoms with Gasteiger partial charge in [-0.15, -0.1) is 0 Å². The topological polar surface area (TPSA) is 58.4 Å². The van der Waals surface area contributed by atoms with Crippen LogP contribution >= 0.6 is 0 Å². The number of imidazole rings is 1. The maximum absolute atomic E-state index is 13.1. The van der Waals surface area contributed by atoms with Gasteiger partial charge in [0, 0.05) is 43.5 Å². The van der Waals surface area contributed by atoms with Gasteiger partial charge in [0.25, 0.3) is 5.91 Å². The molecule has 1 fully saturated rings. The van der Waals surface area contributed by atoms with Crippen LogP contribution in [0.3, 0.4) is 0 Å². The average Bonchev–Trinajstić information content (AvgIpc) is 3.37. The van der Waals surface area contributed by atoms with Gasteiger partial charge in [-0.25, -0.2) is 4.98 Å². The molecule has 36 heavy (non-hydrogen) atoms. The molecule has 0 bridgehead atoms. The summed E-state index contributed by atoms with van der Waals surface area (Å²) in [5.74, 6) is 2.34. The lowest BCUT2D eigenvalue weighted by atomic mass is 9.95. The van der Waals surface area contributed by atoms with Crippen LogP contribution in [0.1, 0.15) is 65.8 Å². The van der Waals surface area contributed by atoms with E-state index in [-0.39, 0.29) is 11.7 Å². The molecule has 1 N–H and O–H groups in total. The summed E-state index contributed by atoms with van der Waals surface area (Å²) in [5.41, 5.74) is 5.39. The molecule has 0 unspecified atom stereocenters. The molecule has 4 aromatic rings. The molecule has 184 valence electrons. The van der Waals surface area contributed by atoms with Gasteiger partial charge in [0.05, 0.1) is 0 Å². The van der Waals surface area contributed by atoms with E-state index < -0.39 is 0 Å². The summed E-state index contributed by atoms with van der Waals surface area (Å²) < 4.78 is 2.26. The van der Waals surface area contributed by atoms with E-state index in [1.54, 1.807) is 12.1 Å². The number of aromatic nitrogens is 2. The second kappa shape index (κ2) is 10.4. The van der Waals surface area contributed by atoms with Crippen LogP contribution in [-0.4, -0.2) is 38.6 Å². The maximum atomic E-state index is 13.1. The molecule has 5 heteroatoms. The fraction of sp³-hybridized carbons (Fsp3) is 0.290. The molecular formula is C31H33N3O2. The molecule has 0 aliphatic carbocycles. The first-order valence-corrected chi connectivity index (χ1v) is 12.8. The average molecular weight is 480 g/mol. The van der Waals surface area contributed by atoms with Gasteiger partial charge in [0.1, 0.15) is 11.6 Å². The van der Waals surface area contributed by atoms with Crippen molar-refractivity contribution in [3.05, 3.63) is 108 Å². The van der Waals surface area contributed by atoms with Crippen molar-refractivity contribution in [2.24, 2.45) is 0 Å². The fourth-order valence-corrected chi connectivity index (χ4v) is 5.00. The van der Waals surface area contributed by atoms with E-state index in [1.165, 1.54) is 11.1 Å². The molecule has 0 radical (unpaired) electrons. The Kier molecular flexibility index (Phi) is 6.90. The second-order valence-electron chi connectivity index (χ2n) is 10.0. The smallest absolute Gasteiger partial charge is 0.253 e. The second-order valence-corrected chi connectivity index (χ2v) is 10.0. The molecule has 3 aromatic carbocycles. The lowest BCUT2D eigenvalue weighted by molar-refractivity contribution is 0.0710. The number of aromatic hydroxyl groups is 1. The Labute approximate surface area is 213 Å². The monoisotopic (exact) mass is 479 g/mol. The van der Waals surface area contributed by atoms with Crippen molar-refractivity contribution in [2.75, 3.05) is 13.1 Å². The van der Waals surface area contributed by atoms with Crippen molar-refractivity contribution >= 4 is 5.91 Å². The Morgan fingerprint density at radius 1 is 0.917 bits per heavy atom. The van der Waals surface area contributed by atoms with Crippen LogP contribution in [0.25, 0.3) is 11.1 Å². The van der Waals surface area contributed by atoms with Crippen molar-refractivity contribution in [1.82, 2.24) is 14.5 Å². The number of carbonyl (C=O) groups is 1. The quantitative estimate of drug-likeness (QED) is 0.346. The number of phenols is 1. The molecular weight excluding hydrogens is 446 g/mol. The van der Waals surface area contributed by atoms with Gasteiger partial charge in [0.2, 0.25) is 0 Å². The van der Waals surface area contributed by atoms with Crippen LogP contribution in [0.2, 0.25) is 0 Å². The van der Waals surface area contributed by atoms with Gasteiger partial charge < -0.3 is 14.6 Å². The van der Waals surface area contributed by atoms with Gasteiger partial charge in [0.15, 0.2) is 0 Å². The minimum absolute atomic E-state index is 0.0827. The van der Waals surface area contributed by atoms with Crippen LogP contribution in [0, 0.1) is 0 Å². The van der Waals surface area contributed by atoms with Crippen molar-refractivity contribution in [3.8, 4) is 16.9 Å². The van der Waals surface area contributed by atoms with Gasteiger partial charge in [-0.2, -0.15) is 0 Å². The van der Waals surface area contributed by atoms with Crippen molar-refractivity contribution in [1.29, 1.82) is 0 Å². The lowest BCUT2D eigenvalue weighted by Crippen LogP contribution is -2.38. The normalized spacial score (nSPS) is 14.4. The number of carbonyl (C=O) groups excluding carboxylic acids is 1. The van der Waals surface area contributed by atoms with E-state index in [4.69, 9.17) is 4.98 Å². The van der Waals surface area contributed by atoms with Crippen LogP contribution in [0.15, 0.2) is 85.2 Å². The van der Waals surface area contributed by atoms with E-state index in [0.717, 1.165) is 49.4 Å². The van der Waals surface area contributed by atoms with Crippen LogP contribution in [0.5, 0.6) is 5.75 Å². The summed E-state index contributed by atoms with van der Waals surface area (Å²) in [6.45, 7) is 6.72. The van der Waals surface area contributed by atoms with Gasteiger partial charge in [-0.05, 0) is 65.3 Å². The zero-order chi connectivity index (χ0) is 25.1. The van der Waals surface area contributed by atoms with Gasteiger partial charge in [-0.3, -0.25) is 4.79 Å². The maximum Gasteiger partial charge on any atom is 0.253 e. The van der Waals surface area contributed by atoms with Gasteiger partial charge >= 0.3 is 0 Å². The highest BCUT2D eigenvalue weighted by atomic mass is 16.3. The first kappa shape index (κ1) is 23.9. The molecule has 1 aliphatic rings. The molecule has 0 spiro atoms. The zero-order valence-corrected chi connectivity index (χ0v) is 21.0. The minimum Gasteiger partial charge on any atom is -0.508 e. The number of hydrogen-bond donors (Lipinski definition) is 1. The minimum atomic E-state index is 0.0827. The number of rotatable bonds is 6. The first-order valence-electron chi connectivity index (χ1n) is 12.8. The van der Waals surface area contributed by atoms with Crippen molar-refractivity contribution in [3.63, 3.8) is 0 Å². The van der Waals surface area contributed by atoms with E-state index in [1.807, 2.05) is 47.5 Å². The summed E-state index contributed by atoms with van der Waals surface area (Å²) in [4.78, 5) is 19.8. The number of likely N-dealkylation sites (tertiary alicyclic amines) is 1. The van der Waals surface area contributed by atoms with E-state index in [0.29, 0.717) is 17.4 Å². The number of phenolic OH excluding ortho intramolecular Hbond substituents is 1. The van der Waals surface area contributed by atoms with Crippen LogP contribution < -0.4 is 0 Å². The molecule has 5 rings (SSSR count). The molecule has 1 aromatic heterocycles. The molecule has 1 saturated heterocycles. The summed E-state index contributed by atoms with van der Waals surface area (Å²) in [6, 6.07) is 23.7. The SMILES string of the molecule is CC(C)c1ccc(Cn2ccnc2C2CCN(C(=O)c3ccc(-c4ccc(O)cc4)cc3)CC2)cc1. The van der Waals surface area contributed by atoms with Crippen molar-refractivity contribution in [2.45, 2.75) is 45.1 Å². The number of hydrogen-bond acceptors (Lipinski definition) is 3. The molecule has 0 saturated carbocycles. The summed E-state index contributed by atoms with van der Waals surface area (Å²) in [6.07, 6.45) is 5.80. The van der Waals surface area contributed by atoms with E-state index in [9.17, 15) is 9.90 Å². The van der Waals surface area contributed by atoms with Gasteiger partial charge in [-0.1, -0.05) is 62.4 Å². The largest absolute Gasteiger partial charge is 0.508 e. The summed E-state index contributed by atoms with van der Waals surface area (Å²) in [7, 11) is 0. The van der Waals surface area contributed by atoms with E-state index in [2.05, 4.69) is 48.9 Å². The standard InChI is InChI=1S/C31H33N3O2/c1-22(2)24-5-3-23(4-6-24)21-34-20-17-32-30(34)27-15-18-33(19-16-27)31(36)28-9-7-25(8-10-28)26-11-13-29(35)14-12-26/h3-14,17,20,22,27,35H,15-16,18-19,21H2,1-2H3. The Balaban J connectivity index is 1.20. The Bertz CT molecular complexity index is 1300. The Morgan fingerprint density at radius 2 is 1.53 bits per heavy atom. The molecule has 1 amide bonds. The Hall–Kier alpha value is -3.86. The molecule has 1 aliphatic heterocycles. The highest BCUT2D eigenvalue weighted by molar-refractivity contribution is 5.94. The predicted octanol–water partition coefficient (Wildman–Crippen LogP) is 6.45. The lowest BCUT2D eigenvalue weighted by Gasteiger charge is -2.32. The number of amides is 1. The Morgan fingerprint density at radius 3 is 2.14 bits per heavy atom. The third-order valence-corrected chi connectivity index (χ3v) is 7.23.